The number of carbonyl (C=O) groups is 1. The summed E-state index contributed by atoms with van der Waals surface area (Å²) in [5, 5.41) is 0. The second-order valence-corrected chi connectivity index (χ2v) is 8.28. The van der Waals surface area contributed by atoms with Gasteiger partial charge in [0.1, 0.15) is 5.82 Å². The third-order valence-electron chi connectivity index (χ3n) is 4.11. The van der Waals surface area contributed by atoms with Gasteiger partial charge >= 0.3 is 0 Å². The number of sulfonamides is 1. The first kappa shape index (κ1) is 17.9. The third kappa shape index (κ3) is 4.52. The van der Waals surface area contributed by atoms with E-state index in [0.717, 1.165) is 12.1 Å². The van der Waals surface area contributed by atoms with Crippen molar-refractivity contribution in [3.05, 3.63) is 18.2 Å². The molecule has 1 aliphatic rings. The SMILES string of the molecule is CC(C)n1ccnc1CN1CCN(S(C)(=O)=O)CC(C(N)=O)C1. The van der Waals surface area contributed by atoms with Crippen LogP contribution in [-0.4, -0.2) is 65.5 Å². The van der Waals surface area contributed by atoms with Crippen molar-refractivity contribution in [2.75, 3.05) is 32.4 Å². The largest absolute Gasteiger partial charge is 0.369 e. The van der Waals surface area contributed by atoms with Gasteiger partial charge in [-0.15, -0.1) is 0 Å². The molecule has 1 aliphatic heterocycles. The van der Waals surface area contributed by atoms with Crippen LogP contribution < -0.4 is 5.73 Å². The minimum atomic E-state index is -3.34. The second-order valence-electron chi connectivity index (χ2n) is 6.30. The molecule has 1 saturated heterocycles. The van der Waals surface area contributed by atoms with Crippen LogP contribution in [0.2, 0.25) is 0 Å². The van der Waals surface area contributed by atoms with E-state index < -0.39 is 21.8 Å². The molecule has 8 nitrogen and oxygen atoms in total. The molecule has 1 fully saturated rings. The topological polar surface area (TPSA) is 102 Å². The number of carbonyl (C=O) groups excluding carboxylic acids is 1. The maximum Gasteiger partial charge on any atom is 0.223 e. The van der Waals surface area contributed by atoms with E-state index in [4.69, 9.17) is 5.73 Å². The summed E-state index contributed by atoms with van der Waals surface area (Å²) < 4.78 is 27.0. The number of aromatic nitrogens is 2. The van der Waals surface area contributed by atoms with Gasteiger partial charge in [0.15, 0.2) is 0 Å². The fraction of sp³-hybridized carbons (Fsp3) is 0.714. The summed E-state index contributed by atoms with van der Waals surface area (Å²) in [4.78, 5) is 18.1. The molecule has 23 heavy (non-hydrogen) atoms. The van der Waals surface area contributed by atoms with Crippen molar-refractivity contribution in [1.29, 1.82) is 0 Å². The molecule has 0 aliphatic carbocycles. The van der Waals surface area contributed by atoms with Gasteiger partial charge in [0.2, 0.25) is 15.9 Å². The molecule has 0 radical (unpaired) electrons. The Hall–Kier alpha value is -1.45. The quantitative estimate of drug-likeness (QED) is 0.787. The highest BCUT2D eigenvalue weighted by molar-refractivity contribution is 7.88. The molecule has 0 bridgehead atoms. The Morgan fingerprint density at radius 2 is 2.09 bits per heavy atom. The highest BCUT2D eigenvalue weighted by Crippen LogP contribution is 2.16. The molecule has 1 aromatic heterocycles. The number of nitrogens with zero attached hydrogens (tertiary/aromatic N) is 4. The van der Waals surface area contributed by atoms with Crippen molar-refractivity contribution < 1.29 is 13.2 Å². The molecule has 2 rings (SSSR count). The van der Waals surface area contributed by atoms with Gasteiger partial charge in [-0.1, -0.05) is 0 Å². The molecule has 1 unspecified atom stereocenters. The Kier molecular flexibility index (Phi) is 5.43. The predicted octanol–water partition coefficient (Wildman–Crippen LogP) is -0.357. The lowest BCUT2D eigenvalue weighted by Crippen LogP contribution is -2.40. The number of hydrogen-bond acceptors (Lipinski definition) is 5. The smallest absolute Gasteiger partial charge is 0.223 e. The maximum absolute atomic E-state index is 11.8. The first-order chi connectivity index (χ1) is 10.7. The molecule has 0 aromatic carbocycles. The molecular weight excluding hydrogens is 318 g/mol. The highest BCUT2D eigenvalue weighted by atomic mass is 32.2. The summed E-state index contributed by atoms with van der Waals surface area (Å²) >= 11 is 0. The van der Waals surface area contributed by atoms with Gasteiger partial charge in [-0.25, -0.2) is 17.7 Å². The summed E-state index contributed by atoms with van der Waals surface area (Å²) in [5.74, 6) is -0.0940. The van der Waals surface area contributed by atoms with E-state index in [0.29, 0.717) is 32.2 Å². The first-order valence-electron chi connectivity index (χ1n) is 7.67. The Bertz CT molecular complexity index is 655. The zero-order chi connectivity index (χ0) is 17.2. The fourth-order valence-corrected chi connectivity index (χ4v) is 3.68. The fourth-order valence-electron chi connectivity index (χ4n) is 2.81. The Morgan fingerprint density at radius 1 is 1.39 bits per heavy atom. The summed E-state index contributed by atoms with van der Waals surface area (Å²) in [7, 11) is -3.34. The Morgan fingerprint density at radius 3 is 2.65 bits per heavy atom. The lowest BCUT2D eigenvalue weighted by atomic mass is 10.1. The number of imidazole rings is 1. The molecule has 1 amide bonds. The van der Waals surface area contributed by atoms with Crippen molar-refractivity contribution in [3.8, 4) is 0 Å². The van der Waals surface area contributed by atoms with Crippen LogP contribution in [0.3, 0.4) is 0 Å². The molecule has 2 N–H and O–H groups in total. The number of amides is 1. The summed E-state index contributed by atoms with van der Waals surface area (Å²) in [6.45, 7) is 6.19. The van der Waals surface area contributed by atoms with Gasteiger partial charge in [-0.05, 0) is 13.8 Å². The van der Waals surface area contributed by atoms with E-state index in [1.54, 1.807) is 6.20 Å². The van der Waals surface area contributed by atoms with Gasteiger partial charge in [-0.2, -0.15) is 0 Å². The van der Waals surface area contributed by atoms with Gasteiger partial charge in [-0.3, -0.25) is 9.69 Å². The van der Waals surface area contributed by atoms with E-state index in [1.165, 1.54) is 4.31 Å². The zero-order valence-corrected chi connectivity index (χ0v) is 14.7. The lowest BCUT2D eigenvalue weighted by molar-refractivity contribution is -0.122. The number of hydrogen-bond donors (Lipinski definition) is 1. The predicted molar refractivity (Wildman–Crippen MR) is 87.0 cm³/mol. The number of primary amides is 1. The van der Waals surface area contributed by atoms with Crippen LogP contribution in [0.5, 0.6) is 0 Å². The van der Waals surface area contributed by atoms with Gasteiger partial charge in [0.05, 0.1) is 18.7 Å². The van der Waals surface area contributed by atoms with E-state index >= 15 is 0 Å². The zero-order valence-electron chi connectivity index (χ0n) is 13.8. The Labute approximate surface area is 137 Å². The van der Waals surface area contributed by atoms with Crippen LogP contribution in [0.25, 0.3) is 0 Å². The third-order valence-corrected chi connectivity index (χ3v) is 5.38. The van der Waals surface area contributed by atoms with Crippen molar-refractivity contribution in [1.82, 2.24) is 18.8 Å². The molecule has 1 aromatic rings. The average Bonchev–Trinajstić information content (AvgIpc) is 2.76. The molecule has 0 saturated carbocycles. The molecule has 0 spiro atoms. The summed E-state index contributed by atoms with van der Waals surface area (Å²) in [6.07, 6.45) is 4.83. The molecular formula is C14H25N5O3S. The minimum Gasteiger partial charge on any atom is -0.369 e. The monoisotopic (exact) mass is 343 g/mol. The number of rotatable bonds is 5. The van der Waals surface area contributed by atoms with Crippen molar-refractivity contribution >= 4 is 15.9 Å². The number of nitrogens with two attached hydrogens (primary N) is 1. The van der Waals surface area contributed by atoms with Crippen LogP contribution >= 0.6 is 0 Å². The van der Waals surface area contributed by atoms with Gasteiger partial charge < -0.3 is 10.3 Å². The van der Waals surface area contributed by atoms with Crippen LogP contribution in [-0.2, 0) is 21.4 Å². The van der Waals surface area contributed by atoms with Gasteiger partial charge in [0, 0.05) is 44.6 Å². The minimum absolute atomic E-state index is 0.142. The van der Waals surface area contributed by atoms with Crippen LogP contribution in [0.15, 0.2) is 12.4 Å². The normalized spacial score (nSPS) is 21.5. The van der Waals surface area contributed by atoms with E-state index in [9.17, 15) is 13.2 Å². The molecule has 130 valence electrons. The average molecular weight is 343 g/mol. The standard InChI is InChI=1S/C14H25N5O3S/c1-11(2)19-5-4-16-13(19)10-17-6-7-18(23(3,21)22)9-12(8-17)14(15)20/h4-5,11-12H,6-10H2,1-3H3,(H2,15,20). The van der Waals surface area contributed by atoms with Crippen LogP contribution in [0.1, 0.15) is 25.7 Å². The summed E-state index contributed by atoms with van der Waals surface area (Å²) in [6, 6.07) is 0.291. The second kappa shape index (κ2) is 6.98. The van der Waals surface area contributed by atoms with E-state index in [1.807, 2.05) is 11.1 Å². The molecule has 1 atom stereocenters. The van der Waals surface area contributed by atoms with Crippen LogP contribution in [0.4, 0.5) is 0 Å². The Balaban J connectivity index is 2.16. The van der Waals surface area contributed by atoms with Crippen LogP contribution in [0, 0.1) is 5.92 Å². The van der Waals surface area contributed by atoms with E-state index in [2.05, 4.69) is 23.4 Å². The molecule has 2 heterocycles. The van der Waals surface area contributed by atoms with Crippen molar-refractivity contribution in [2.45, 2.75) is 26.4 Å². The summed E-state index contributed by atoms with van der Waals surface area (Å²) in [5.41, 5.74) is 5.45. The highest BCUT2D eigenvalue weighted by Gasteiger charge is 2.31. The first-order valence-corrected chi connectivity index (χ1v) is 9.51. The van der Waals surface area contributed by atoms with E-state index in [-0.39, 0.29) is 6.54 Å². The van der Waals surface area contributed by atoms with Crippen molar-refractivity contribution in [3.63, 3.8) is 0 Å². The molecule has 9 heteroatoms. The van der Waals surface area contributed by atoms with Crippen molar-refractivity contribution in [2.24, 2.45) is 11.7 Å². The van der Waals surface area contributed by atoms with Gasteiger partial charge in [0.25, 0.3) is 0 Å². The maximum atomic E-state index is 11.8. The lowest BCUT2D eigenvalue weighted by Gasteiger charge is -2.23.